The summed E-state index contributed by atoms with van der Waals surface area (Å²) in [5.41, 5.74) is 0.286. The maximum Gasteiger partial charge on any atom is 0.340 e. The van der Waals surface area contributed by atoms with Crippen LogP contribution in [-0.4, -0.2) is 29.9 Å². The second kappa shape index (κ2) is 4.16. The summed E-state index contributed by atoms with van der Waals surface area (Å²) in [6.07, 6.45) is 1.54. The number of nitrogens with zero attached hydrogens (tertiary/aromatic N) is 1. The summed E-state index contributed by atoms with van der Waals surface area (Å²) in [5.74, 6) is -0.449. The Morgan fingerprint density at radius 1 is 1.69 bits per heavy atom. The summed E-state index contributed by atoms with van der Waals surface area (Å²) in [7, 11) is 0. The number of ether oxygens (including phenoxy) is 1. The molecule has 0 bridgehead atoms. The molecule has 0 aromatic heterocycles. The van der Waals surface area contributed by atoms with E-state index in [1.807, 2.05) is 0 Å². The van der Waals surface area contributed by atoms with E-state index < -0.39 is 5.97 Å². The zero-order valence-electron chi connectivity index (χ0n) is 7.78. The zero-order chi connectivity index (χ0) is 9.84. The van der Waals surface area contributed by atoms with Gasteiger partial charge in [-0.05, 0) is 6.92 Å². The van der Waals surface area contributed by atoms with Gasteiger partial charge in [-0.2, -0.15) is 0 Å². The van der Waals surface area contributed by atoms with Gasteiger partial charge in [0.25, 0.3) is 0 Å². The van der Waals surface area contributed by atoms with Crippen LogP contribution in [0, 0.1) is 4.91 Å². The Bertz CT molecular complexity index is 247. The molecule has 0 saturated carbocycles. The summed E-state index contributed by atoms with van der Waals surface area (Å²) in [5, 5.41) is 0. The molecule has 4 heteroatoms. The summed E-state index contributed by atoms with van der Waals surface area (Å²) in [6.45, 7) is 6.13. The van der Waals surface area contributed by atoms with Gasteiger partial charge in [-0.25, -0.2) is 4.79 Å². The van der Waals surface area contributed by atoms with E-state index in [-0.39, 0.29) is 11.6 Å². The quantitative estimate of drug-likeness (QED) is 0.374. The lowest BCUT2D eigenvalue weighted by Crippen LogP contribution is -2.24. The predicted molar refractivity (Wildman–Crippen MR) is 47.3 cm³/mol. The molecule has 1 unspecified atom stereocenters. The Labute approximate surface area is 77.1 Å². The van der Waals surface area contributed by atoms with Crippen molar-refractivity contribution in [3.8, 4) is 0 Å². The number of rotatable bonds is 3. The van der Waals surface area contributed by atoms with Crippen LogP contribution < -0.4 is 0 Å². The Morgan fingerprint density at radius 3 is 2.85 bits per heavy atom. The van der Waals surface area contributed by atoms with Gasteiger partial charge in [-0.1, -0.05) is 6.58 Å². The number of esters is 1. The van der Waals surface area contributed by atoms with E-state index in [0.29, 0.717) is 19.6 Å². The van der Waals surface area contributed by atoms with E-state index >= 15 is 0 Å². The smallest absolute Gasteiger partial charge is 0.340 e. The van der Waals surface area contributed by atoms with E-state index in [2.05, 4.69) is 6.58 Å². The largest absolute Gasteiger partial charge is 0.462 e. The van der Waals surface area contributed by atoms with Crippen LogP contribution >= 0.6 is 0 Å². The van der Waals surface area contributed by atoms with Crippen molar-refractivity contribution in [3.05, 3.63) is 17.1 Å². The first-order chi connectivity index (χ1) is 6.16. The first kappa shape index (κ1) is 9.89. The number of carbonyl (C=O) groups excluding carboxylic acids is 1. The molecule has 72 valence electrons. The third kappa shape index (κ3) is 2.14. The van der Waals surface area contributed by atoms with Crippen molar-refractivity contribution in [3.63, 3.8) is 0 Å². The number of nitroso groups, excluding NO2 is 1. The molecule has 1 atom stereocenters. The molecule has 0 aliphatic carbocycles. The van der Waals surface area contributed by atoms with Gasteiger partial charge in [0.1, 0.15) is 5.57 Å². The summed E-state index contributed by atoms with van der Waals surface area (Å²) in [6, 6.07) is -0.362. The molecular weight excluding hydrogens is 170 g/mol. The molecule has 0 N–H and O–H groups in total. The molecule has 0 aromatic carbocycles. The highest BCUT2D eigenvalue weighted by Crippen LogP contribution is 2.18. The minimum atomic E-state index is -0.449. The van der Waals surface area contributed by atoms with Crippen molar-refractivity contribution < 1.29 is 14.3 Å². The van der Waals surface area contributed by atoms with Crippen molar-refractivity contribution in [2.75, 3.05) is 13.2 Å². The fraction of sp³-hybridized carbons (Fsp3) is 0.667. The second-order valence-electron chi connectivity index (χ2n) is 3.04. The van der Waals surface area contributed by atoms with E-state index in [4.69, 9.17) is 4.74 Å². The maximum absolute atomic E-state index is 11.2. The van der Waals surface area contributed by atoms with Gasteiger partial charge in [-0.3, -0.25) is 0 Å². The van der Waals surface area contributed by atoms with Gasteiger partial charge in [0.2, 0.25) is 6.04 Å². The molecule has 0 radical (unpaired) electrons. The molecule has 1 rings (SSSR count). The van der Waals surface area contributed by atoms with Gasteiger partial charge in [-0.15, -0.1) is 0 Å². The van der Waals surface area contributed by atoms with Crippen molar-refractivity contribution in [1.29, 1.82) is 0 Å². The van der Waals surface area contributed by atoms with Crippen LogP contribution in [0.15, 0.2) is 12.2 Å². The lowest BCUT2D eigenvalue weighted by atomic mass is 10.1. The fourth-order valence-corrected chi connectivity index (χ4v) is 1.45. The van der Waals surface area contributed by atoms with Gasteiger partial charge in [0, 0.05) is 22.5 Å². The van der Waals surface area contributed by atoms with Crippen LogP contribution in [0.5, 0.6) is 0 Å². The van der Waals surface area contributed by atoms with Gasteiger partial charge < -0.3 is 4.74 Å². The lowest BCUT2D eigenvalue weighted by Gasteiger charge is -2.04. The Balaban J connectivity index is 2.56. The van der Waals surface area contributed by atoms with E-state index in [0.717, 1.165) is 11.2 Å². The summed E-state index contributed by atoms with van der Waals surface area (Å²) in [4.78, 5) is 22.4. The van der Waals surface area contributed by atoms with E-state index in [1.54, 1.807) is 6.92 Å². The maximum atomic E-state index is 11.2. The fourth-order valence-electron chi connectivity index (χ4n) is 1.45. The van der Waals surface area contributed by atoms with Crippen molar-refractivity contribution >= 4 is 5.97 Å². The lowest BCUT2D eigenvalue weighted by molar-refractivity contribution is -0.554. The molecule has 4 nitrogen and oxygen atoms in total. The second-order valence-corrected chi connectivity index (χ2v) is 3.04. The molecular formula is C9H14NO3+. The summed E-state index contributed by atoms with van der Waals surface area (Å²) >= 11 is 0. The Kier molecular flexibility index (Phi) is 3.17. The Hall–Kier alpha value is -1.19. The SMILES string of the molecule is C=C(C(=O)OCC)C1CCC[N+]1=O. The third-order valence-corrected chi connectivity index (χ3v) is 2.14. The van der Waals surface area contributed by atoms with Crippen molar-refractivity contribution in [2.45, 2.75) is 25.8 Å². The third-order valence-electron chi connectivity index (χ3n) is 2.14. The van der Waals surface area contributed by atoms with E-state index in [1.165, 1.54) is 0 Å². The Morgan fingerprint density at radius 2 is 2.38 bits per heavy atom. The zero-order valence-corrected chi connectivity index (χ0v) is 7.78. The monoisotopic (exact) mass is 184 g/mol. The standard InChI is InChI=1S/C9H14NO3/c1-3-13-9(11)7(2)8-5-4-6-10(8)12/h8H,2-6H2,1H3/q+1. The number of carbonyl (C=O) groups is 1. The van der Waals surface area contributed by atoms with Crippen LogP contribution in [-0.2, 0) is 9.53 Å². The van der Waals surface area contributed by atoms with Crippen LogP contribution in [0.25, 0.3) is 0 Å². The average molecular weight is 184 g/mol. The average Bonchev–Trinajstić information content (AvgIpc) is 2.50. The first-order valence-electron chi connectivity index (χ1n) is 4.46. The molecule has 0 aromatic rings. The minimum Gasteiger partial charge on any atom is -0.462 e. The van der Waals surface area contributed by atoms with Crippen LogP contribution in [0.2, 0.25) is 0 Å². The van der Waals surface area contributed by atoms with Crippen molar-refractivity contribution in [2.24, 2.45) is 0 Å². The summed E-state index contributed by atoms with van der Waals surface area (Å²) < 4.78 is 5.66. The topological polar surface area (TPSA) is 46.4 Å². The highest BCUT2D eigenvalue weighted by Gasteiger charge is 2.37. The molecule has 1 saturated heterocycles. The predicted octanol–water partition coefficient (Wildman–Crippen LogP) is 1.05. The van der Waals surface area contributed by atoms with Crippen LogP contribution in [0.3, 0.4) is 0 Å². The van der Waals surface area contributed by atoms with Gasteiger partial charge in [0.15, 0.2) is 6.54 Å². The van der Waals surface area contributed by atoms with Crippen molar-refractivity contribution in [1.82, 2.24) is 0 Å². The molecule has 1 heterocycles. The van der Waals surface area contributed by atoms with Crippen LogP contribution in [0.1, 0.15) is 19.8 Å². The minimum absolute atomic E-state index is 0.286. The van der Waals surface area contributed by atoms with Gasteiger partial charge >= 0.3 is 5.97 Å². The molecule has 13 heavy (non-hydrogen) atoms. The molecule has 0 spiro atoms. The van der Waals surface area contributed by atoms with E-state index in [9.17, 15) is 9.70 Å². The normalized spacial score (nSPS) is 21.6. The number of hydrogen-bond acceptors (Lipinski definition) is 3. The molecule has 1 aliphatic heterocycles. The molecule has 0 amide bonds. The first-order valence-corrected chi connectivity index (χ1v) is 4.46. The molecule has 1 aliphatic rings. The van der Waals surface area contributed by atoms with Gasteiger partial charge in [0.05, 0.1) is 6.61 Å². The highest BCUT2D eigenvalue weighted by molar-refractivity contribution is 5.88. The molecule has 1 fully saturated rings. The number of hydrogen-bond donors (Lipinski definition) is 0. The highest BCUT2D eigenvalue weighted by atomic mass is 16.5. The van der Waals surface area contributed by atoms with Crippen LogP contribution in [0.4, 0.5) is 0 Å².